The molecular weight excluding hydrogens is 466 g/mol. The maximum Gasteiger partial charge on any atom is 0.253 e. The molecule has 1 saturated heterocycles. The molecule has 1 aliphatic heterocycles. The summed E-state index contributed by atoms with van der Waals surface area (Å²) in [5.41, 5.74) is 4.13. The molecule has 2 N–H and O–H groups in total. The van der Waals surface area contributed by atoms with Crippen molar-refractivity contribution in [3.8, 4) is 17.1 Å². The zero-order chi connectivity index (χ0) is 25.9. The summed E-state index contributed by atoms with van der Waals surface area (Å²) in [7, 11) is 2.08. The number of nitrogens with one attached hydrogen (secondary N) is 1. The van der Waals surface area contributed by atoms with Gasteiger partial charge in [-0.25, -0.2) is 15.0 Å². The number of hydrogen-bond acceptors (Lipinski definition) is 7. The highest BCUT2D eigenvalue weighted by Crippen LogP contribution is 2.26. The van der Waals surface area contributed by atoms with Crippen LogP contribution in [0.15, 0.2) is 54.9 Å². The van der Waals surface area contributed by atoms with Crippen molar-refractivity contribution in [1.29, 1.82) is 0 Å². The number of imidazole rings is 1. The molecule has 2 aromatic carbocycles. The van der Waals surface area contributed by atoms with E-state index >= 15 is 0 Å². The number of carbonyl (C=O) groups is 1. The minimum Gasteiger partial charge on any atom is -0.508 e. The molecule has 1 amide bonds. The molecule has 37 heavy (non-hydrogen) atoms. The molecule has 3 heterocycles. The third-order valence-corrected chi connectivity index (χ3v) is 6.80. The van der Waals surface area contributed by atoms with Crippen molar-refractivity contribution >= 4 is 22.9 Å². The van der Waals surface area contributed by atoms with E-state index in [1.807, 2.05) is 45.9 Å². The first-order chi connectivity index (χ1) is 17.9. The van der Waals surface area contributed by atoms with E-state index < -0.39 is 0 Å². The molecule has 4 aromatic rings. The van der Waals surface area contributed by atoms with Gasteiger partial charge in [0, 0.05) is 49.9 Å². The van der Waals surface area contributed by atoms with Crippen molar-refractivity contribution in [3.05, 3.63) is 66.0 Å². The Morgan fingerprint density at radius 1 is 1.00 bits per heavy atom. The molecule has 0 saturated carbocycles. The number of likely N-dealkylation sites (N-methyl/N-ethyl adjacent to an activating group) is 1. The van der Waals surface area contributed by atoms with E-state index in [4.69, 9.17) is 9.97 Å². The number of aromatic hydroxyl groups is 1. The predicted octanol–water partition coefficient (Wildman–Crippen LogP) is 3.82. The van der Waals surface area contributed by atoms with Crippen LogP contribution in [-0.2, 0) is 6.42 Å². The summed E-state index contributed by atoms with van der Waals surface area (Å²) >= 11 is 0. The first kappa shape index (κ1) is 24.7. The zero-order valence-corrected chi connectivity index (χ0v) is 21.6. The molecule has 192 valence electrons. The Hall–Kier alpha value is -3.98. The topological polar surface area (TPSA) is 99.4 Å². The van der Waals surface area contributed by atoms with Crippen LogP contribution >= 0.6 is 0 Å². The third kappa shape index (κ3) is 5.41. The maximum absolute atomic E-state index is 13.0. The van der Waals surface area contributed by atoms with Crippen LogP contribution in [0, 0.1) is 0 Å². The summed E-state index contributed by atoms with van der Waals surface area (Å²) in [5.74, 6) is 1.58. The van der Waals surface area contributed by atoms with Crippen molar-refractivity contribution in [3.63, 3.8) is 0 Å². The smallest absolute Gasteiger partial charge is 0.253 e. The monoisotopic (exact) mass is 499 g/mol. The van der Waals surface area contributed by atoms with Gasteiger partial charge in [-0.1, -0.05) is 24.3 Å². The van der Waals surface area contributed by atoms with Gasteiger partial charge >= 0.3 is 0 Å². The molecule has 9 heteroatoms. The first-order valence-corrected chi connectivity index (χ1v) is 12.7. The molecule has 2 aromatic heterocycles. The lowest BCUT2D eigenvalue weighted by atomic mass is 10.1. The van der Waals surface area contributed by atoms with Crippen LogP contribution in [0.25, 0.3) is 22.6 Å². The number of benzene rings is 2. The lowest BCUT2D eigenvalue weighted by Crippen LogP contribution is -2.47. The molecule has 0 bridgehead atoms. The van der Waals surface area contributed by atoms with Gasteiger partial charge in [0.25, 0.3) is 5.91 Å². The molecule has 1 fully saturated rings. The fourth-order valence-corrected chi connectivity index (χ4v) is 4.49. The molecule has 9 nitrogen and oxygen atoms in total. The van der Waals surface area contributed by atoms with E-state index in [1.165, 1.54) is 0 Å². The fourth-order valence-electron chi connectivity index (χ4n) is 4.49. The lowest BCUT2D eigenvalue weighted by Gasteiger charge is -2.32. The van der Waals surface area contributed by atoms with Crippen LogP contribution in [0.1, 0.15) is 35.8 Å². The van der Waals surface area contributed by atoms with E-state index in [-0.39, 0.29) is 17.7 Å². The molecule has 0 aliphatic carbocycles. The van der Waals surface area contributed by atoms with Crippen molar-refractivity contribution in [2.45, 2.75) is 26.3 Å². The number of phenolic OH excluding ortho intramolecular Hbond substituents is 1. The molecular formula is C28H33N7O2. The molecule has 0 spiro atoms. The summed E-state index contributed by atoms with van der Waals surface area (Å²) < 4.78 is 2.04. The summed E-state index contributed by atoms with van der Waals surface area (Å²) in [5, 5.41) is 13.0. The van der Waals surface area contributed by atoms with Gasteiger partial charge in [-0.2, -0.15) is 0 Å². The second kappa shape index (κ2) is 10.6. The molecule has 0 unspecified atom stereocenters. The summed E-state index contributed by atoms with van der Waals surface area (Å²) in [6, 6.07) is 15.0. The summed E-state index contributed by atoms with van der Waals surface area (Å²) in [6.07, 6.45) is 2.58. The van der Waals surface area contributed by atoms with Gasteiger partial charge in [0.15, 0.2) is 17.3 Å². The SMILES string of the molecule is CC(C)n1cnc2c(NCCc3ccc(O)cc3)nc(-c3ccc(C(=O)N4CCN(C)CC4)cc3)nc21. The zero-order valence-electron chi connectivity index (χ0n) is 21.6. The number of fused-ring (bicyclic) bond motifs is 1. The second-order valence-electron chi connectivity index (χ2n) is 9.83. The molecule has 5 rings (SSSR count). The Balaban J connectivity index is 1.40. The first-order valence-electron chi connectivity index (χ1n) is 12.7. The van der Waals surface area contributed by atoms with Crippen LogP contribution in [0.4, 0.5) is 5.82 Å². The van der Waals surface area contributed by atoms with Gasteiger partial charge in [0.2, 0.25) is 0 Å². The summed E-state index contributed by atoms with van der Waals surface area (Å²) in [6.45, 7) is 8.13. The van der Waals surface area contributed by atoms with Gasteiger partial charge in [0.1, 0.15) is 11.3 Å². The van der Waals surface area contributed by atoms with Crippen LogP contribution < -0.4 is 5.32 Å². The standard InChI is InChI=1S/C28H33N7O2/c1-19(2)35-18-30-24-26(29-13-12-20-4-10-23(36)11-5-20)31-25(32-27(24)35)21-6-8-22(9-7-21)28(37)34-16-14-33(3)15-17-34/h4-11,18-19,36H,12-17H2,1-3H3,(H,29,31,32). The minimum absolute atomic E-state index is 0.0606. The van der Waals surface area contributed by atoms with Crippen LogP contribution in [0.3, 0.4) is 0 Å². The molecule has 1 aliphatic rings. The highest BCUT2D eigenvalue weighted by atomic mass is 16.3. The number of anilines is 1. The van der Waals surface area contributed by atoms with Crippen LogP contribution in [0.5, 0.6) is 5.75 Å². The van der Waals surface area contributed by atoms with Crippen molar-refractivity contribution in [2.75, 3.05) is 45.1 Å². The van der Waals surface area contributed by atoms with Crippen molar-refractivity contribution in [1.82, 2.24) is 29.3 Å². The number of nitrogens with zero attached hydrogens (tertiary/aromatic N) is 6. The average Bonchev–Trinajstić information content (AvgIpc) is 3.35. The largest absolute Gasteiger partial charge is 0.508 e. The highest BCUT2D eigenvalue weighted by Gasteiger charge is 2.21. The van der Waals surface area contributed by atoms with E-state index in [1.54, 1.807) is 18.5 Å². The Bertz CT molecular complexity index is 1370. The van der Waals surface area contributed by atoms with Crippen molar-refractivity contribution in [2.24, 2.45) is 0 Å². The van der Waals surface area contributed by atoms with E-state index in [2.05, 4.69) is 36.1 Å². The number of phenols is 1. The Kier molecular flexibility index (Phi) is 7.05. The average molecular weight is 500 g/mol. The molecule has 0 atom stereocenters. The van der Waals surface area contributed by atoms with Gasteiger partial charge in [0.05, 0.1) is 6.33 Å². The van der Waals surface area contributed by atoms with Gasteiger partial charge in [-0.05, 0) is 57.1 Å². The third-order valence-electron chi connectivity index (χ3n) is 6.80. The number of aromatic nitrogens is 4. The number of rotatable bonds is 7. The van der Waals surface area contributed by atoms with E-state index in [9.17, 15) is 9.90 Å². The number of carbonyl (C=O) groups excluding carboxylic acids is 1. The maximum atomic E-state index is 13.0. The number of hydrogen-bond donors (Lipinski definition) is 2. The summed E-state index contributed by atoms with van der Waals surface area (Å²) in [4.78, 5) is 31.4. The van der Waals surface area contributed by atoms with Gasteiger partial charge in [-0.3, -0.25) is 4.79 Å². The fraction of sp³-hybridized carbons (Fsp3) is 0.357. The normalized spacial score (nSPS) is 14.4. The van der Waals surface area contributed by atoms with Crippen molar-refractivity contribution < 1.29 is 9.90 Å². The number of piperazine rings is 1. The lowest BCUT2D eigenvalue weighted by molar-refractivity contribution is 0.0664. The van der Waals surface area contributed by atoms with E-state index in [0.717, 1.165) is 54.9 Å². The van der Waals surface area contributed by atoms with Gasteiger partial charge in [-0.15, -0.1) is 0 Å². The highest BCUT2D eigenvalue weighted by molar-refractivity contribution is 5.95. The van der Waals surface area contributed by atoms with E-state index in [0.29, 0.717) is 23.8 Å². The predicted molar refractivity (Wildman–Crippen MR) is 145 cm³/mol. The Morgan fingerprint density at radius 3 is 2.38 bits per heavy atom. The van der Waals surface area contributed by atoms with Crippen LogP contribution in [-0.4, -0.2) is 80.1 Å². The minimum atomic E-state index is 0.0606. The quantitative estimate of drug-likeness (QED) is 0.399. The Labute approximate surface area is 216 Å². The Morgan fingerprint density at radius 2 is 1.70 bits per heavy atom. The second-order valence-corrected chi connectivity index (χ2v) is 9.83. The molecule has 0 radical (unpaired) electrons. The van der Waals surface area contributed by atoms with Gasteiger partial charge < -0.3 is 24.8 Å². The van der Waals surface area contributed by atoms with Crippen LogP contribution in [0.2, 0.25) is 0 Å². The number of amides is 1.